The van der Waals surface area contributed by atoms with Crippen LogP contribution in [0.15, 0.2) is 0 Å². The molecule has 3 aliphatic heterocycles. The zero-order valence-electron chi connectivity index (χ0n) is 14.4. The van der Waals surface area contributed by atoms with Crippen molar-refractivity contribution in [1.29, 1.82) is 0 Å². The molecule has 0 amide bonds. The summed E-state index contributed by atoms with van der Waals surface area (Å²) in [5.41, 5.74) is -0.0195. The molecule has 3 fully saturated rings. The van der Waals surface area contributed by atoms with Crippen LogP contribution in [0, 0.1) is 0 Å². The van der Waals surface area contributed by atoms with Crippen molar-refractivity contribution >= 4 is 0 Å². The van der Waals surface area contributed by atoms with Crippen molar-refractivity contribution in [3.8, 4) is 0 Å². The minimum Gasteiger partial charge on any atom is -0.380 e. The summed E-state index contributed by atoms with van der Waals surface area (Å²) in [6.07, 6.45) is 4.06. The first-order chi connectivity index (χ1) is 9.99. The van der Waals surface area contributed by atoms with Gasteiger partial charge in [-0.3, -0.25) is 9.80 Å². The van der Waals surface area contributed by atoms with Gasteiger partial charge in [0.1, 0.15) is 0 Å². The van der Waals surface area contributed by atoms with Gasteiger partial charge in [-0.2, -0.15) is 0 Å². The van der Waals surface area contributed by atoms with E-state index in [1.807, 2.05) is 0 Å². The summed E-state index contributed by atoms with van der Waals surface area (Å²) >= 11 is 0. The first-order valence-corrected chi connectivity index (χ1v) is 8.69. The van der Waals surface area contributed by atoms with Crippen LogP contribution >= 0.6 is 0 Å². The van der Waals surface area contributed by atoms with Gasteiger partial charge in [-0.05, 0) is 40.5 Å². The van der Waals surface area contributed by atoms with E-state index >= 15 is 0 Å². The van der Waals surface area contributed by atoms with Gasteiger partial charge < -0.3 is 9.47 Å². The maximum absolute atomic E-state index is 5.91. The molecule has 2 unspecified atom stereocenters. The smallest absolute Gasteiger partial charge is 0.0600 e. The van der Waals surface area contributed by atoms with Gasteiger partial charge in [0.15, 0.2) is 0 Å². The second kappa shape index (κ2) is 7.91. The van der Waals surface area contributed by atoms with E-state index in [1.54, 1.807) is 0 Å². The molecule has 0 spiro atoms. The maximum atomic E-state index is 5.91. The van der Waals surface area contributed by atoms with E-state index in [9.17, 15) is 0 Å². The Morgan fingerprint density at radius 3 is 2.05 bits per heavy atom. The molecule has 0 radical (unpaired) electrons. The number of rotatable bonds is 7. The van der Waals surface area contributed by atoms with Crippen LogP contribution in [0.5, 0.6) is 0 Å². The van der Waals surface area contributed by atoms with Gasteiger partial charge in [0.05, 0.1) is 18.8 Å². The Morgan fingerprint density at radius 2 is 1.52 bits per heavy atom. The molecule has 2 bridgehead atoms. The summed E-state index contributed by atoms with van der Waals surface area (Å²) in [6, 6.07) is 1.44. The van der Waals surface area contributed by atoms with Gasteiger partial charge in [0.2, 0.25) is 0 Å². The topological polar surface area (TPSA) is 24.9 Å². The molecule has 21 heavy (non-hydrogen) atoms. The molecule has 3 heterocycles. The van der Waals surface area contributed by atoms with E-state index in [2.05, 4.69) is 37.5 Å². The molecular weight excluding hydrogens is 264 g/mol. The van der Waals surface area contributed by atoms with Crippen LogP contribution < -0.4 is 0 Å². The molecule has 3 rings (SSSR count). The van der Waals surface area contributed by atoms with Crippen LogP contribution in [0.25, 0.3) is 0 Å². The van der Waals surface area contributed by atoms with Crippen LogP contribution in [-0.2, 0) is 9.47 Å². The highest BCUT2D eigenvalue weighted by Gasteiger charge is 2.35. The molecule has 0 aromatic carbocycles. The molecular formula is C17H34N2O2. The van der Waals surface area contributed by atoms with E-state index < -0.39 is 0 Å². The highest BCUT2D eigenvalue weighted by atomic mass is 16.5. The van der Waals surface area contributed by atoms with Gasteiger partial charge in [-0.25, -0.2) is 0 Å². The molecule has 0 aromatic rings. The van der Waals surface area contributed by atoms with Crippen LogP contribution in [0.3, 0.4) is 0 Å². The summed E-state index contributed by atoms with van der Waals surface area (Å²) in [5, 5.41) is 0. The first-order valence-electron chi connectivity index (χ1n) is 8.69. The van der Waals surface area contributed by atoms with Crippen LogP contribution in [0.1, 0.15) is 47.0 Å². The van der Waals surface area contributed by atoms with Crippen LogP contribution in [0.2, 0.25) is 0 Å². The van der Waals surface area contributed by atoms with Crippen molar-refractivity contribution in [2.75, 3.05) is 46.0 Å². The minimum absolute atomic E-state index is 0.0195. The summed E-state index contributed by atoms with van der Waals surface area (Å²) in [6.45, 7) is 15.7. The quantitative estimate of drug-likeness (QED) is 0.674. The predicted molar refractivity (Wildman–Crippen MR) is 86.8 cm³/mol. The summed E-state index contributed by atoms with van der Waals surface area (Å²) < 4.78 is 11.5. The minimum atomic E-state index is -0.0195. The second-order valence-corrected chi connectivity index (χ2v) is 7.39. The molecule has 0 N–H and O–H groups in total. The number of piperazine rings is 1. The SMILES string of the molecule is CCOCCN1CC2CCCC1CN2CCOC(C)(C)C. The average molecular weight is 298 g/mol. The zero-order valence-corrected chi connectivity index (χ0v) is 14.4. The highest BCUT2D eigenvalue weighted by Crippen LogP contribution is 2.27. The summed E-state index contributed by atoms with van der Waals surface area (Å²) in [5.74, 6) is 0. The van der Waals surface area contributed by atoms with E-state index in [4.69, 9.17) is 9.47 Å². The Labute approximate surface area is 130 Å². The summed E-state index contributed by atoms with van der Waals surface area (Å²) in [4.78, 5) is 5.33. The fraction of sp³-hybridized carbons (Fsp3) is 1.00. The van der Waals surface area contributed by atoms with Crippen molar-refractivity contribution in [2.45, 2.75) is 64.6 Å². The number of hydrogen-bond donors (Lipinski definition) is 0. The zero-order chi connectivity index (χ0) is 15.3. The third-order valence-electron chi connectivity index (χ3n) is 4.64. The monoisotopic (exact) mass is 298 g/mol. The van der Waals surface area contributed by atoms with Gasteiger partial charge in [0.25, 0.3) is 0 Å². The lowest BCUT2D eigenvalue weighted by Crippen LogP contribution is -2.57. The third kappa shape index (κ3) is 5.51. The number of hydrogen-bond acceptors (Lipinski definition) is 4. The van der Waals surface area contributed by atoms with E-state index in [-0.39, 0.29) is 5.60 Å². The lowest BCUT2D eigenvalue weighted by Gasteiger charge is -2.44. The van der Waals surface area contributed by atoms with Crippen molar-refractivity contribution in [3.05, 3.63) is 0 Å². The van der Waals surface area contributed by atoms with E-state index in [1.165, 1.54) is 32.4 Å². The molecule has 4 nitrogen and oxygen atoms in total. The van der Waals surface area contributed by atoms with Gasteiger partial charge in [0, 0.05) is 44.9 Å². The molecule has 0 aromatic heterocycles. The summed E-state index contributed by atoms with van der Waals surface area (Å²) in [7, 11) is 0. The van der Waals surface area contributed by atoms with E-state index in [0.717, 1.165) is 39.0 Å². The maximum Gasteiger partial charge on any atom is 0.0600 e. The molecule has 3 saturated heterocycles. The molecule has 3 aliphatic rings. The van der Waals surface area contributed by atoms with Crippen molar-refractivity contribution in [3.63, 3.8) is 0 Å². The van der Waals surface area contributed by atoms with Crippen LogP contribution in [0.4, 0.5) is 0 Å². The Kier molecular flexibility index (Phi) is 6.48. The normalized spacial score (nSPS) is 28.0. The Bertz CT molecular complexity index is 304. The predicted octanol–water partition coefficient (Wildman–Crippen LogP) is 2.38. The van der Waals surface area contributed by atoms with Gasteiger partial charge in [-0.15, -0.1) is 0 Å². The van der Waals surface area contributed by atoms with Gasteiger partial charge in [-0.1, -0.05) is 6.42 Å². The molecule has 2 atom stereocenters. The van der Waals surface area contributed by atoms with Crippen molar-refractivity contribution in [1.82, 2.24) is 9.80 Å². The Hall–Kier alpha value is -0.160. The number of ether oxygens (including phenoxy) is 2. The van der Waals surface area contributed by atoms with Crippen molar-refractivity contribution < 1.29 is 9.47 Å². The number of nitrogens with zero attached hydrogens (tertiary/aromatic N) is 2. The lowest BCUT2D eigenvalue weighted by molar-refractivity contribution is -0.0349. The second-order valence-electron chi connectivity index (χ2n) is 7.39. The fourth-order valence-corrected chi connectivity index (χ4v) is 3.55. The molecule has 124 valence electrons. The third-order valence-corrected chi connectivity index (χ3v) is 4.64. The molecule has 0 saturated carbocycles. The highest BCUT2D eigenvalue weighted by molar-refractivity contribution is 4.92. The van der Waals surface area contributed by atoms with Crippen molar-refractivity contribution in [2.24, 2.45) is 0 Å². The molecule has 4 heteroatoms. The van der Waals surface area contributed by atoms with E-state index in [0.29, 0.717) is 6.04 Å². The standard InChI is InChI=1S/C17H34N2O2/c1-5-20-11-9-18-13-16-8-6-7-15(18)14-19(16)10-12-21-17(2,3)4/h15-16H,5-14H2,1-4H3. The first kappa shape index (κ1) is 17.2. The Balaban J connectivity index is 1.80. The average Bonchev–Trinajstić information content (AvgIpc) is 2.71. The largest absolute Gasteiger partial charge is 0.380 e. The van der Waals surface area contributed by atoms with Crippen LogP contribution in [-0.4, -0.2) is 73.5 Å². The molecule has 0 aliphatic carbocycles. The fourth-order valence-electron chi connectivity index (χ4n) is 3.55. The lowest BCUT2D eigenvalue weighted by atomic mass is 10.1. The van der Waals surface area contributed by atoms with Gasteiger partial charge >= 0.3 is 0 Å². The number of fused-ring (bicyclic) bond motifs is 4. The Morgan fingerprint density at radius 1 is 0.952 bits per heavy atom.